The van der Waals surface area contributed by atoms with Crippen LogP contribution in [0, 0.1) is 5.82 Å². The van der Waals surface area contributed by atoms with Crippen molar-refractivity contribution in [3.8, 4) is 5.69 Å². The van der Waals surface area contributed by atoms with Crippen LogP contribution in [0.3, 0.4) is 0 Å². The van der Waals surface area contributed by atoms with Crippen molar-refractivity contribution in [2.75, 3.05) is 18.9 Å². The van der Waals surface area contributed by atoms with E-state index in [4.69, 9.17) is 0 Å². The highest BCUT2D eigenvalue weighted by atomic mass is 32.1. The Morgan fingerprint density at radius 2 is 2.07 bits per heavy atom. The summed E-state index contributed by atoms with van der Waals surface area (Å²) in [5, 5.41) is 7.62. The number of benzene rings is 2. The van der Waals surface area contributed by atoms with Gasteiger partial charge in [0.05, 0.1) is 28.6 Å². The van der Waals surface area contributed by atoms with Crippen LogP contribution in [-0.4, -0.2) is 39.2 Å². The van der Waals surface area contributed by atoms with Gasteiger partial charge in [0.15, 0.2) is 5.13 Å². The summed E-state index contributed by atoms with van der Waals surface area (Å²) in [6.45, 7) is 0.798. The van der Waals surface area contributed by atoms with Crippen molar-refractivity contribution in [2.24, 2.45) is 0 Å². The molecule has 0 fully saturated rings. The molecule has 28 heavy (non-hydrogen) atoms. The molecule has 2 heterocycles. The lowest BCUT2D eigenvalue weighted by Gasteiger charge is -2.14. The van der Waals surface area contributed by atoms with Crippen LogP contribution >= 0.6 is 11.3 Å². The molecule has 0 atom stereocenters. The minimum absolute atomic E-state index is 0.169. The third-order valence-corrected chi connectivity index (χ3v) is 5.05. The normalized spacial score (nSPS) is 11.2. The summed E-state index contributed by atoms with van der Waals surface area (Å²) in [6, 6.07) is 14.2. The number of halogens is 1. The number of anilines is 1. The largest absolute Gasteiger partial charge is 0.301 e. The average molecular weight is 395 g/mol. The van der Waals surface area contributed by atoms with E-state index >= 15 is 0 Å². The highest BCUT2D eigenvalue weighted by Gasteiger charge is 2.12. The van der Waals surface area contributed by atoms with Gasteiger partial charge in [-0.05, 0) is 37.4 Å². The standard InChI is InChI=1S/C20H18FN5OS/c1-25(11-14-10-22-26(12-14)16-5-3-2-4-6-16)13-19(27)24-20-23-17-8-7-15(21)9-18(17)28-20/h2-10,12H,11,13H2,1H3,(H,23,24,27). The molecule has 1 amide bonds. The molecular weight excluding hydrogens is 377 g/mol. The fourth-order valence-corrected chi connectivity index (χ4v) is 3.79. The van der Waals surface area contributed by atoms with E-state index in [-0.39, 0.29) is 18.3 Å². The third-order valence-electron chi connectivity index (χ3n) is 4.12. The Morgan fingerprint density at radius 3 is 2.89 bits per heavy atom. The molecule has 2 aromatic heterocycles. The molecule has 2 aromatic carbocycles. The van der Waals surface area contributed by atoms with Gasteiger partial charge in [-0.15, -0.1) is 0 Å². The molecule has 4 aromatic rings. The van der Waals surface area contributed by atoms with Gasteiger partial charge in [-0.1, -0.05) is 29.5 Å². The van der Waals surface area contributed by atoms with Gasteiger partial charge in [0.2, 0.25) is 5.91 Å². The van der Waals surface area contributed by atoms with Crippen LogP contribution in [0.1, 0.15) is 5.56 Å². The van der Waals surface area contributed by atoms with Crippen LogP contribution in [0.5, 0.6) is 0 Å². The van der Waals surface area contributed by atoms with Gasteiger partial charge in [-0.2, -0.15) is 5.10 Å². The summed E-state index contributed by atoms with van der Waals surface area (Å²) < 4.78 is 15.8. The fourth-order valence-electron chi connectivity index (χ4n) is 2.89. The van der Waals surface area contributed by atoms with Crippen LogP contribution in [0.2, 0.25) is 0 Å². The number of carbonyl (C=O) groups excluding carboxylic acids is 1. The average Bonchev–Trinajstić information content (AvgIpc) is 3.28. The Labute approximate surface area is 165 Å². The van der Waals surface area contributed by atoms with Crippen LogP contribution in [0.15, 0.2) is 60.9 Å². The first-order valence-electron chi connectivity index (χ1n) is 8.70. The van der Waals surface area contributed by atoms with Crippen molar-refractivity contribution in [1.29, 1.82) is 0 Å². The molecule has 0 saturated heterocycles. The Kier molecular flexibility index (Phi) is 5.14. The topological polar surface area (TPSA) is 63.1 Å². The molecule has 0 radical (unpaired) electrons. The minimum Gasteiger partial charge on any atom is -0.301 e. The molecule has 0 aliphatic heterocycles. The van der Waals surface area contributed by atoms with Gasteiger partial charge in [0, 0.05) is 18.3 Å². The Hall–Kier alpha value is -3.10. The number of fused-ring (bicyclic) bond motifs is 1. The molecule has 8 heteroatoms. The first-order chi connectivity index (χ1) is 13.6. The first kappa shape index (κ1) is 18.3. The Balaban J connectivity index is 1.34. The maximum absolute atomic E-state index is 13.3. The van der Waals surface area contributed by atoms with E-state index in [1.807, 2.05) is 53.2 Å². The number of likely N-dealkylation sites (N-methyl/N-ethyl adjacent to an activating group) is 1. The number of carbonyl (C=O) groups is 1. The summed E-state index contributed by atoms with van der Waals surface area (Å²) in [5.41, 5.74) is 2.67. The second-order valence-electron chi connectivity index (χ2n) is 6.48. The van der Waals surface area contributed by atoms with Crippen molar-refractivity contribution in [2.45, 2.75) is 6.54 Å². The second-order valence-corrected chi connectivity index (χ2v) is 7.51. The molecule has 0 saturated carbocycles. The Morgan fingerprint density at radius 1 is 1.25 bits per heavy atom. The number of rotatable bonds is 6. The van der Waals surface area contributed by atoms with Crippen molar-refractivity contribution >= 4 is 32.6 Å². The number of aromatic nitrogens is 3. The maximum Gasteiger partial charge on any atom is 0.240 e. The lowest BCUT2D eigenvalue weighted by molar-refractivity contribution is -0.117. The molecule has 142 valence electrons. The summed E-state index contributed by atoms with van der Waals surface area (Å²) in [7, 11) is 1.87. The SMILES string of the molecule is CN(CC(=O)Nc1nc2ccc(F)cc2s1)Cc1cnn(-c2ccccc2)c1. The van der Waals surface area contributed by atoms with Crippen molar-refractivity contribution in [3.05, 3.63) is 72.3 Å². The molecule has 0 unspecified atom stereocenters. The zero-order valence-electron chi connectivity index (χ0n) is 15.2. The van der Waals surface area contributed by atoms with Gasteiger partial charge < -0.3 is 5.32 Å². The smallest absolute Gasteiger partial charge is 0.240 e. The van der Waals surface area contributed by atoms with Gasteiger partial charge in [0.25, 0.3) is 0 Å². The van der Waals surface area contributed by atoms with Crippen LogP contribution in [-0.2, 0) is 11.3 Å². The van der Waals surface area contributed by atoms with E-state index in [9.17, 15) is 9.18 Å². The van der Waals surface area contributed by atoms with Gasteiger partial charge in [-0.3, -0.25) is 9.69 Å². The van der Waals surface area contributed by atoms with Gasteiger partial charge in [0.1, 0.15) is 5.82 Å². The summed E-state index contributed by atoms with van der Waals surface area (Å²) >= 11 is 1.26. The van der Waals surface area contributed by atoms with Gasteiger partial charge >= 0.3 is 0 Å². The molecule has 0 bridgehead atoms. The van der Waals surface area contributed by atoms with E-state index in [2.05, 4.69) is 15.4 Å². The zero-order chi connectivity index (χ0) is 19.5. The van der Waals surface area contributed by atoms with Crippen molar-refractivity contribution in [3.63, 3.8) is 0 Å². The lowest BCUT2D eigenvalue weighted by atomic mass is 10.3. The lowest BCUT2D eigenvalue weighted by Crippen LogP contribution is -2.29. The summed E-state index contributed by atoms with van der Waals surface area (Å²) in [5.74, 6) is -0.484. The van der Waals surface area contributed by atoms with E-state index in [1.54, 1.807) is 12.3 Å². The maximum atomic E-state index is 13.3. The highest BCUT2D eigenvalue weighted by molar-refractivity contribution is 7.22. The highest BCUT2D eigenvalue weighted by Crippen LogP contribution is 2.26. The molecular formula is C20H18FN5OS. The third kappa shape index (κ3) is 4.24. The van der Waals surface area contributed by atoms with E-state index in [0.29, 0.717) is 21.9 Å². The zero-order valence-corrected chi connectivity index (χ0v) is 16.0. The molecule has 0 aliphatic carbocycles. The predicted octanol–water partition coefficient (Wildman–Crippen LogP) is 3.69. The summed E-state index contributed by atoms with van der Waals surface area (Å²) in [6.07, 6.45) is 3.75. The number of nitrogens with one attached hydrogen (secondary N) is 1. The van der Waals surface area contributed by atoms with Gasteiger partial charge in [-0.25, -0.2) is 14.1 Å². The van der Waals surface area contributed by atoms with Crippen LogP contribution < -0.4 is 5.32 Å². The molecule has 4 rings (SSSR count). The number of nitrogens with zero attached hydrogens (tertiary/aromatic N) is 4. The number of thiazole rings is 1. The van der Waals surface area contributed by atoms with Crippen LogP contribution in [0.25, 0.3) is 15.9 Å². The molecule has 1 N–H and O–H groups in total. The van der Waals surface area contributed by atoms with Crippen LogP contribution in [0.4, 0.5) is 9.52 Å². The monoisotopic (exact) mass is 395 g/mol. The van der Waals surface area contributed by atoms with Crippen molar-refractivity contribution in [1.82, 2.24) is 19.7 Å². The first-order valence-corrected chi connectivity index (χ1v) is 9.52. The van der Waals surface area contributed by atoms with E-state index < -0.39 is 0 Å². The quantitative estimate of drug-likeness (QED) is 0.541. The minimum atomic E-state index is -0.315. The Bertz CT molecular complexity index is 1110. The fraction of sp³-hybridized carbons (Fsp3) is 0.150. The molecule has 0 aliphatic rings. The number of amides is 1. The predicted molar refractivity (Wildman–Crippen MR) is 108 cm³/mol. The molecule has 6 nitrogen and oxygen atoms in total. The second kappa shape index (κ2) is 7.87. The summed E-state index contributed by atoms with van der Waals surface area (Å²) in [4.78, 5) is 18.5. The van der Waals surface area contributed by atoms with E-state index in [0.717, 1.165) is 11.3 Å². The number of hydrogen-bond donors (Lipinski definition) is 1. The number of para-hydroxylation sites is 1. The molecule has 0 spiro atoms. The number of hydrogen-bond acceptors (Lipinski definition) is 5. The van der Waals surface area contributed by atoms with E-state index in [1.165, 1.54) is 23.5 Å². The van der Waals surface area contributed by atoms with Crippen molar-refractivity contribution < 1.29 is 9.18 Å².